The van der Waals surface area contributed by atoms with Crippen molar-refractivity contribution in [2.75, 3.05) is 33.7 Å². The molecule has 0 radical (unpaired) electrons. The van der Waals surface area contributed by atoms with Crippen LogP contribution in [0, 0.1) is 0 Å². The lowest BCUT2D eigenvalue weighted by Gasteiger charge is -2.16. The highest BCUT2D eigenvalue weighted by atomic mass is 32.2. The molecule has 0 spiro atoms. The Hall–Kier alpha value is -2.87. The second-order valence-electron chi connectivity index (χ2n) is 6.43. The molecule has 0 heterocycles. The normalized spacial score (nSPS) is 11.7. The summed E-state index contributed by atoms with van der Waals surface area (Å²) >= 11 is 0. The minimum atomic E-state index is -3.39. The van der Waals surface area contributed by atoms with E-state index in [2.05, 4.69) is 5.32 Å². The smallest absolute Gasteiger partial charge is 0.170 e. The van der Waals surface area contributed by atoms with Crippen LogP contribution < -0.4 is 24.3 Å². The lowest BCUT2D eigenvalue weighted by Crippen LogP contribution is -2.14. The number of sulfone groups is 1. The number of benzene rings is 2. The van der Waals surface area contributed by atoms with Gasteiger partial charge in [0.05, 0.1) is 38.5 Å². The summed E-state index contributed by atoms with van der Waals surface area (Å²) in [5, 5.41) is 4.42. The van der Waals surface area contributed by atoms with Crippen LogP contribution in [0.4, 0.5) is 0 Å². The third kappa shape index (κ3) is 6.59. The minimum Gasteiger partial charge on any atom is -0.493 e. The molecule has 0 aromatic heterocycles. The van der Waals surface area contributed by atoms with Gasteiger partial charge in [-0.2, -0.15) is 0 Å². The van der Waals surface area contributed by atoms with Crippen LogP contribution in [-0.2, 0) is 16.4 Å². The maximum absolute atomic E-state index is 12.0. The maximum Gasteiger partial charge on any atom is 0.170 e. The first-order chi connectivity index (χ1) is 14.3. The second-order valence-corrected chi connectivity index (χ2v) is 8.33. The third-order valence-electron chi connectivity index (χ3n) is 4.12. The fourth-order valence-electron chi connectivity index (χ4n) is 2.84. The van der Waals surface area contributed by atoms with Gasteiger partial charge in [-0.1, -0.05) is 6.07 Å². The lowest BCUT2D eigenvalue weighted by atomic mass is 10.1. The van der Waals surface area contributed by atoms with E-state index in [1.165, 1.54) is 5.41 Å². The molecular weight excluding hydrogens is 406 g/mol. The zero-order chi connectivity index (χ0) is 22.1. The standard InChI is InChI=1S/C22H29NO6S/c1-6-28-21-12-16(8-10-19(21)26-3)14-23-18(15-30(5,24)25)17-9-11-20(27-4)22(13-17)29-7-2/h8-13,15,23H,6-7,14H2,1-5H3/b18-15-. The number of rotatable bonds is 11. The average Bonchev–Trinajstić information content (AvgIpc) is 2.71. The number of hydrogen-bond donors (Lipinski definition) is 1. The van der Waals surface area contributed by atoms with Crippen LogP contribution in [0.15, 0.2) is 41.8 Å². The van der Waals surface area contributed by atoms with E-state index < -0.39 is 9.84 Å². The van der Waals surface area contributed by atoms with Gasteiger partial charge in [-0.25, -0.2) is 8.42 Å². The van der Waals surface area contributed by atoms with Crippen LogP contribution in [0.25, 0.3) is 5.70 Å². The first-order valence-corrected chi connectivity index (χ1v) is 11.5. The minimum absolute atomic E-state index is 0.390. The van der Waals surface area contributed by atoms with Gasteiger partial charge in [0.1, 0.15) is 0 Å². The lowest BCUT2D eigenvalue weighted by molar-refractivity contribution is 0.310. The van der Waals surface area contributed by atoms with E-state index in [-0.39, 0.29) is 0 Å². The number of methoxy groups -OCH3 is 2. The Kier molecular flexibility index (Phi) is 8.41. The second kappa shape index (κ2) is 10.8. The molecule has 2 aromatic rings. The molecule has 0 saturated carbocycles. The van der Waals surface area contributed by atoms with E-state index in [1.807, 2.05) is 32.0 Å². The van der Waals surface area contributed by atoms with Gasteiger partial charge >= 0.3 is 0 Å². The van der Waals surface area contributed by atoms with Crippen molar-refractivity contribution in [2.45, 2.75) is 20.4 Å². The molecule has 0 aliphatic heterocycles. The fourth-order valence-corrected chi connectivity index (χ4v) is 3.48. The van der Waals surface area contributed by atoms with Crippen molar-refractivity contribution in [3.63, 3.8) is 0 Å². The Morgan fingerprint density at radius 3 is 2.00 bits per heavy atom. The van der Waals surface area contributed by atoms with E-state index in [0.717, 1.165) is 11.8 Å². The molecule has 0 atom stereocenters. The summed E-state index contributed by atoms with van der Waals surface area (Å²) in [5.41, 5.74) is 2.04. The molecule has 30 heavy (non-hydrogen) atoms. The molecule has 0 saturated heterocycles. The van der Waals surface area contributed by atoms with Gasteiger partial charge in [-0.3, -0.25) is 0 Å². The van der Waals surface area contributed by atoms with Crippen LogP contribution in [0.2, 0.25) is 0 Å². The van der Waals surface area contributed by atoms with Crippen LogP contribution >= 0.6 is 0 Å². The van der Waals surface area contributed by atoms with Gasteiger partial charge in [-0.15, -0.1) is 0 Å². The van der Waals surface area contributed by atoms with Crippen molar-refractivity contribution in [3.05, 3.63) is 52.9 Å². The quantitative estimate of drug-likeness (QED) is 0.577. The maximum atomic E-state index is 12.0. The zero-order valence-corrected chi connectivity index (χ0v) is 18.8. The van der Waals surface area contributed by atoms with Gasteiger partial charge < -0.3 is 24.3 Å². The molecule has 2 aromatic carbocycles. The van der Waals surface area contributed by atoms with Crippen molar-refractivity contribution in [1.29, 1.82) is 0 Å². The zero-order valence-electron chi connectivity index (χ0n) is 18.0. The number of hydrogen-bond acceptors (Lipinski definition) is 7. The van der Waals surface area contributed by atoms with E-state index in [0.29, 0.717) is 54.0 Å². The summed E-state index contributed by atoms with van der Waals surface area (Å²) in [4.78, 5) is 0. The van der Waals surface area contributed by atoms with E-state index in [4.69, 9.17) is 18.9 Å². The summed E-state index contributed by atoms with van der Waals surface area (Å²) < 4.78 is 45.8. The summed E-state index contributed by atoms with van der Waals surface area (Å²) in [6, 6.07) is 10.9. The SMILES string of the molecule is CCOc1cc(CN/C(=C\S(C)(=O)=O)c2ccc(OC)c(OCC)c2)ccc1OC. The topological polar surface area (TPSA) is 83.1 Å². The largest absolute Gasteiger partial charge is 0.493 e. The molecule has 0 unspecified atom stereocenters. The fraction of sp³-hybridized carbons (Fsp3) is 0.364. The van der Waals surface area contributed by atoms with Crippen molar-refractivity contribution in [3.8, 4) is 23.0 Å². The van der Waals surface area contributed by atoms with E-state index in [1.54, 1.807) is 32.4 Å². The van der Waals surface area contributed by atoms with E-state index in [9.17, 15) is 8.42 Å². The van der Waals surface area contributed by atoms with Crippen molar-refractivity contribution in [1.82, 2.24) is 5.32 Å². The van der Waals surface area contributed by atoms with Gasteiger partial charge in [-0.05, 0) is 49.7 Å². The van der Waals surface area contributed by atoms with Crippen molar-refractivity contribution >= 4 is 15.5 Å². The average molecular weight is 436 g/mol. The highest BCUT2D eigenvalue weighted by Crippen LogP contribution is 2.31. The molecular formula is C22H29NO6S. The Balaban J connectivity index is 2.35. The summed E-state index contributed by atoms with van der Waals surface area (Å²) in [7, 11) is -0.242. The molecule has 0 aliphatic rings. The highest BCUT2D eigenvalue weighted by molar-refractivity contribution is 7.93. The van der Waals surface area contributed by atoms with E-state index >= 15 is 0 Å². The van der Waals surface area contributed by atoms with Gasteiger partial charge in [0.2, 0.25) is 0 Å². The Labute approximate surface area is 178 Å². The molecule has 8 heteroatoms. The number of ether oxygens (including phenoxy) is 4. The Bertz CT molecular complexity index is 985. The first kappa shape index (κ1) is 23.4. The van der Waals surface area contributed by atoms with Crippen LogP contribution in [-0.4, -0.2) is 42.1 Å². The molecule has 0 amide bonds. The van der Waals surface area contributed by atoms with Crippen LogP contribution in [0.3, 0.4) is 0 Å². The number of nitrogens with one attached hydrogen (secondary N) is 1. The van der Waals surface area contributed by atoms with Gasteiger partial charge in [0, 0.05) is 18.4 Å². The van der Waals surface area contributed by atoms with Gasteiger partial charge in [0.25, 0.3) is 0 Å². The molecule has 0 fully saturated rings. The molecule has 7 nitrogen and oxygen atoms in total. The molecule has 164 valence electrons. The summed E-state index contributed by atoms with van der Waals surface area (Å²) in [5.74, 6) is 2.40. The molecule has 2 rings (SSSR count). The molecule has 0 bridgehead atoms. The Morgan fingerprint density at radius 2 is 1.47 bits per heavy atom. The predicted octanol–water partition coefficient (Wildman–Crippen LogP) is 3.63. The Morgan fingerprint density at radius 1 is 0.900 bits per heavy atom. The van der Waals surface area contributed by atoms with Crippen molar-refractivity contribution < 1.29 is 27.4 Å². The monoisotopic (exact) mass is 435 g/mol. The predicted molar refractivity (Wildman–Crippen MR) is 118 cm³/mol. The van der Waals surface area contributed by atoms with Crippen LogP contribution in [0.1, 0.15) is 25.0 Å². The highest BCUT2D eigenvalue weighted by Gasteiger charge is 2.12. The summed E-state index contributed by atoms with van der Waals surface area (Å²) in [6.45, 7) is 5.14. The van der Waals surface area contributed by atoms with Crippen LogP contribution in [0.5, 0.6) is 23.0 Å². The van der Waals surface area contributed by atoms with Crippen molar-refractivity contribution in [2.24, 2.45) is 0 Å². The molecule has 1 N–H and O–H groups in total. The molecule has 0 aliphatic carbocycles. The third-order valence-corrected chi connectivity index (χ3v) is 4.78. The summed E-state index contributed by atoms with van der Waals surface area (Å²) in [6.07, 6.45) is 1.15. The first-order valence-electron chi connectivity index (χ1n) is 9.57. The van der Waals surface area contributed by atoms with Gasteiger partial charge in [0.15, 0.2) is 32.8 Å².